The summed E-state index contributed by atoms with van der Waals surface area (Å²) in [5, 5.41) is 7.53. The van der Waals surface area contributed by atoms with Gasteiger partial charge in [0.2, 0.25) is 0 Å². The fourth-order valence-corrected chi connectivity index (χ4v) is 7.90. The fraction of sp³-hybridized carbons (Fsp3) is 0.200. The molecule has 2 nitrogen and oxygen atoms in total. The molecule has 1 aliphatic carbocycles. The third kappa shape index (κ3) is 5.77. The summed E-state index contributed by atoms with van der Waals surface area (Å²) in [6.07, 6.45) is 4.49. The average Bonchev–Trinajstić information content (AvgIpc) is 3.14. The first-order valence-electron chi connectivity index (χ1n) is 18.6. The van der Waals surface area contributed by atoms with Crippen molar-refractivity contribution in [2.45, 2.75) is 68.2 Å². The number of allylic oxidation sites excluding steroid dienone is 4. The Morgan fingerprint density at radius 1 is 0.365 bits per heavy atom. The number of fused-ring (bicyclic) bond motifs is 5. The van der Waals surface area contributed by atoms with Gasteiger partial charge in [-0.25, -0.2) is 0 Å². The van der Waals surface area contributed by atoms with Gasteiger partial charge < -0.3 is 9.80 Å². The fourth-order valence-electron chi connectivity index (χ4n) is 7.90. The maximum absolute atomic E-state index is 2.54. The highest BCUT2D eigenvalue weighted by Crippen LogP contribution is 2.48. The monoisotopic (exact) mass is 676 g/mol. The first kappa shape index (κ1) is 33.5. The molecule has 258 valence electrons. The van der Waals surface area contributed by atoms with Crippen molar-refractivity contribution in [3.05, 3.63) is 172 Å². The van der Waals surface area contributed by atoms with Crippen LogP contribution in [0.5, 0.6) is 0 Å². The van der Waals surface area contributed by atoms with Crippen LogP contribution in [-0.2, 0) is 0 Å². The summed E-state index contributed by atoms with van der Waals surface area (Å²) in [6.45, 7) is 17.8. The first-order chi connectivity index (χ1) is 25.1. The maximum Gasteiger partial charge on any atom is 0.0546 e. The molecule has 0 fully saturated rings. The maximum atomic E-state index is 2.54. The SMILES string of the molecule is CC1=C(C)CCC(N(c2ccc(C)c(C)c2)c2cc3c4ccccc4c(N(c4ccc(C)c(C)c4)c4ccc(C)c(C)c4)cc3c3ccccc23)=C1. The molecule has 0 aliphatic heterocycles. The lowest BCUT2D eigenvalue weighted by molar-refractivity contribution is 0.859. The summed E-state index contributed by atoms with van der Waals surface area (Å²) in [5.41, 5.74) is 17.9. The summed E-state index contributed by atoms with van der Waals surface area (Å²) < 4.78 is 0. The second-order valence-electron chi connectivity index (χ2n) is 15.1. The molecule has 7 aromatic rings. The molecule has 0 atom stereocenters. The van der Waals surface area contributed by atoms with E-state index >= 15 is 0 Å². The van der Waals surface area contributed by atoms with Gasteiger partial charge in [-0.2, -0.15) is 0 Å². The van der Waals surface area contributed by atoms with Crippen molar-refractivity contribution in [2.24, 2.45) is 0 Å². The molecule has 0 saturated carbocycles. The summed E-state index contributed by atoms with van der Waals surface area (Å²) >= 11 is 0. The normalized spacial score (nSPS) is 13.3. The van der Waals surface area contributed by atoms with Crippen LogP contribution in [0.2, 0.25) is 0 Å². The van der Waals surface area contributed by atoms with E-state index in [1.807, 2.05) is 0 Å². The second-order valence-corrected chi connectivity index (χ2v) is 15.1. The molecular formula is C50H48N2. The minimum Gasteiger partial charge on any atom is -0.314 e. The summed E-state index contributed by atoms with van der Waals surface area (Å²) in [4.78, 5) is 5.01. The van der Waals surface area contributed by atoms with E-state index in [0.29, 0.717) is 0 Å². The molecule has 0 N–H and O–H groups in total. The number of anilines is 5. The third-order valence-corrected chi connectivity index (χ3v) is 11.7. The Morgan fingerprint density at radius 2 is 0.769 bits per heavy atom. The Labute approximate surface area is 309 Å². The van der Waals surface area contributed by atoms with Crippen LogP contribution >= 0.6 is 0 Å². The predicted molar refractivity (Wildman–Crippen MR) is 226 cm³/mol. The number of nitrogens with zero attached hydrogens (tertiary/aromatic N) is 2. The number of benzene rings is 7. The number of rotatable bonds is 6. The quantitative estimate of drug-likeness (QED) is 0.162. The zero-order valence-electron chi connectivity index (χ0n) is 31.9. The third-order valence-electron chi connectivity index (χ3n) is 11.7. The van der Waals surface area contributed by atoms with Crippen molar-refractivity contribution >= 4 is 60.8 Å². The van der Waals surface area contributed by atoms with Crippen LogP contribution in [0.4, 0.5) is 28.4 Å². The molecule has 8 rings (SSSR count). The van der Waals surface area contributed by atoms with Gasteiger partial charge >= 0.3 is 0 Å². The van der Waals surface area contributed by atoms with Crippen LogP contribution in [0.25, 0.3) is 32.3 Å². The molecule has 0 aromatic heterocycles. The largest absolute Gasteiger partial charge is 0.314 e. The van der Waals surface area contributed by atoms with Crippen LogP contribution in [0.1, 0.15) is 60.1 Å². The molecule has 52 heavy (non-hydrogen) atoms. The summed E-state index contributed by atoms with van der Waals surface area (Å²) in [6, 6.07) is 43.6. The van der Waals surface area contributed by atoms with Gasteiger partial charge in [0.15, 0.2) is 0 Å². The molecule has 0 unspecified atom stereocenters. The van der Waals surface area contributed by atoms with Crippen molar-refractivity contribution in [3.63, 3.8) is 0 Å². The highest BCUT2D eigenvalue weighted by molar-refractivity contribution is 6.24. The number of hydrogen-bond donors (Lipinski definition) is 0. The van der Waals surface area contributed by atoms with E-state index in [1.54, 1.807) is 0 Å². The minimum atomic E-state index is 1.00. The lowest BCUT2D eigenvalue weighted by atomic mass is 9.92. The molecule has 0 heterocycles. The Morgan fingerprint density at radius 3 is 1.19 bits per heavy atom. The highest BCUT2D eigenvalue weighted by Gasteiger charge is 2.24. The van der Waals surface area contributed by atoms with Crippen LogP contribution in [0.3, 0.4) is 0 Å². The zero-order chi connectivity index (χ0) is 36.3. The lowest BCUT2D eigenvalue weighted by Gasteiger charge is -2.33. The van der Waals surface area contributed by atoms with Crippen LogP contribution in [-0.4, -0.2) is 0 Å². The van der Waals surface area contributed by atoms with Crippen LogP contribution in [0.15, 0.2) is 138 Å². The van der Waals surface area contributed by atoms with Gasteiger partial charge in [-0.05, 0) is 178 Å². The van der Waals surface area contributed by atoms with Gasteiger partial charge in [0, 0.05) is 33.5 Å². The zero-order valence-corrected chi connectivity index (χ0v) is 31.9. The van der Waals surface area contributed by atoms with E-state index in [1.165, 1.54) is 111 Å². The molecule has 2 heteroatoms. The molecular weight excluding hydrogens is 629 g/mol. The van der Waals surface area contributed by atoms with E-state index in [9.17, 15) is 0 Å². The first-order valence-corrected chi connectivity index (χ1v) is 18.6. The Kier molecular flexibility index (Phi) is 8.50. The topological polar surface area (TPSA) is 6.48 Å². The molecule has 1 aliphatic rings. The van der Waals surface area contributed by atoms with Crippen LogP contribution in [0, 0.1) is 41.5 Å². The van der Waals surface area contributed by atoms with Gasteiger partial charge in [-0.1, -0.05) is 77.9 Å². The molecule has 0 radical (unpaired) electrons. The predicted octanol–water partition coefficient (Wildman–Crippen LogP) is 14.6. The summed E-state index contributed by atoms with van der Waals surface area (Å²) in [5.74, 6) is 0. The van der Waals surface area contributed by atoms with E-state index in [-0.39, 0.29) is 0 Å². The van der Waals surface area contributed by atoms with E-state index in [2.05, 4.69) is 187 Å². The number of hydrogen-bond acceptors (Lipinski definition) is 2. The number of aryl methyl sites for hydroxylation is 6. The van der Waals surface area contributed by atoms with Crippen molar-refractivity contribution < 1.29 is 0 Å². The van der Waals surface area contributed by atoms with Crippen molar-refractivity contribution in [2.75, 3.05) is 9.80 Å². The van der Waals surface area contributed by atoms with Gasteiger partial charge in [-0.15, -0.1) is 0 Å². The Balaban J connectivity index is 1.46. The van der Waals surface area contributed by atoms with Gasteiger partial charge in [-0.3, -0.25) is 0 Å². The van der Waals surface area contributed by atoms with Gasteiger partial charge in [0.05, 0.1) is 11.4 Å². The van der Waals surface area contributed by atoms with Gasteiger partial charge in [0.1, 0.15) is 0 Å². The van der Waals surface area contributed by atoms with Crippen LogP contribution < -0.4 is 9.80 Å². The molecule has 0 saturated heterocycles. The van der Waals surface area contributed by atoms with E-state index in [0.717, 1.165) is 12.8 Å². The van der Waals surface area contributed by atoms with Crippen molar-refractivity contribution in [1.82, 2.24) is 0 Å². The van der Waals surface area contributed by atoms with E-state index in [4.69, 9.17) is 0 Å². The van der Waals surface area contributed by atoms with E-state index < -0.39 is 0 Å². The molecule has 0 amide bonds. The van der Waals surface area contributed by atoms with Gasteiger partial charge in [0.25, 0.3) is 0 Å². The summed E-state index contributed by atoms with van der Waals surface area (Å²) in [7, 11) is 0. The van der Waals surface area contributed by atoms with Crippen molar-refractivity contribution in [1.29, 1.82) is 0 Å². The minimum absolute atomic E-state index is 1.00. The highest BCUT2D eigenvalue weighted by atomic mass is 15.2. The Hall–Kier alpha value is -5.60. The molecule has 0 spiro atoms. The standard InChI is InChI=1S/C50H48N2/c1-31-17-21-39(25-35(31)5)51(40-22-18-32(2)36(6)26-40)49-29-47-44-14-10-12-16-46(44)50(30-48(47)43-13-9-11-15-45(43)49)52(41-23-19-33(3)37(7)27-41)42-24-20-34(4)38(8)28-42/h9-19,21-23,25-30H,20,24H2,1-8H3. The molecule has 0 bridgehead atoms. The average molecular weight is 677 g/mol. The lowest BCUT2D eigenvalue weighted by Crippen LogP contribution is -2.19. The molecule has 7 aromatic carbocycles. The Bertz CT molecular complexity index is 2570. The second kappa shape index (κ2) is 13.2. The smallest absolute Gasteiger partial charge is 0.0546 e. The van der Waals surface area contributed by atoms with Crippen molar-refractivity contribution in [3.8, 4) is 0 Å².